The van der Waals surface area contributed by atoms with Gasteiger partial charge in [-0.15, -0.1) is 0 Å². The van der Waals surface area contributed by atoms with Crippen molar-refractivity contribution in [2.24, 2.45) is 0 Å². The second kappa shape index (κ2) is 4.82. The van der Waals surface area contributed by atoms with Crippen molar-refractivity contribution in [1.82, 2.24) is 0 Å². The largest absolute Gasteiger partial charge is 0.366 e. The number of halogens is 1. The maximum absolute atomic E-state index is 10.9. The van der Waals surface area contributed by atoms with Crippen LogP contribution in [0.15, 0.2) is 22.7 Å². The molecule has 1 aromatic rings. The number of hydrogen-bond acceptors (Lipinski definition) is 3. The molecule has 1 aliphatic heterocycles. The molecule has 0 bridgehead atoms. The first-order valence-electron chi connectivity index (χ1n) is 5.37. The maximum atomic E-state index is 10.9. The Morgan fingerprint density at radius 3 is 2.56 bits per heavy atom. The zero-order valence-corrected chi connectivity index (χ0v) is 10.4. The fourth-order valence-corrected chi connectivity index (χ4v) is 2.39. The van der Waals surface area contributed by atoms with Gasteiger partial charge in [0.05, 0.1) is 4.92 Å². The lowest BCUT2D eigenvalue weighted by Crippen LogP contribution is -2.29. The van der Waals surface area contributed by atoms with Crippen LogP contribution in [0.25, 0.3) is 0 Å². The molecular formula is C11H13BrN2O2. The Kier molecular flexibility index (Phi) is 3.43. The predicted molar refractivity (Wildman–Crippen MR) is 66.9 cm³/mol. The zero-order valence-electron chi connectivity index (χ0n) is 8.86. The second-order valence-corrected chi connectivity index (χ2v) is 4.85. The Morgan fingerprint density at radius 2 is 1.94 bits per heavy atom. The van der Waals surface area contributed by atoms with Gasteiger partial charge in [0.1, 0.15) is 5.69 Å². The van der Waals surface area contributed by atoms with Crippen LogP contribution in [0.1, 0.15) is 19.3 Å². The number of anilines is 1. The van der Waals surface area contributed by atoms with Crippen LogP contribution < -0.4 is 4.90 Å². The van der Waals surface area contributed by atoms with E-state index in [9.17, 15) is 10.1 Å². The molecule has 0 aliphatic carbocycles. The standard InChI is InChI=1S/C11H13BrN2O2/c12-9-4-5-10(14(15)16)11(8-9)13-6-2-1-3-7-13/h4-5,8H,1-3,6-7H2. The molecule has 5 heteroatoms. The summed E-state index contributed by atoms with van der Waals surface area (Å²) in [6, 6.07) is 5.11. The van der Waals surface area contributed by atoms with Gasteiger partial charge in [0.15, 0.2) is 0 Å². The van der Waals surface area contributed by atoms with Crippen molar-refractivity contribution in [1.29, 1.82) is 0 Å². The molecule has 0 amide bonds. The highest BCUT2D eigenvalue weighted by atomic mass is 79.9. The van der Waals surface area contributed by atoms with E-state index in [1.54, 1.807) is 12.1 Å². The Balaban J connectivity index is 2.36. The van der Waals surface area contributed by atoms with Gasteiger partial charge in [-0.05, 0) is 31.4 Å². The fraction of sp³-hybridized carbons (Fsp3) is 0.455. The highest BCUT2D eigenvalue weighted by molar-refractivity contribution is 9.10. The van der Waals surface area contributed by atoms with Gasteiger partial charge in [-0.3, -0.25) is 10.1 Å². The van der Waals surface area contributed by atoms with Crippen LogP contribution >= 0.6 is 15.9 Å². The second-order valence-electron chi connectivity index (χ2n) is 3.94. The zero-order chi connectivity index (χ0) is 11.5. The minimum Gasteiger partial charge on any atom is -0.366 e. The van der Waals surface area contributed by atoms with Crippen molar-refractivity contribution >= 4 is 27.3 Å². The predicted octanol–water partition coefficient (Wildman–Crippen LogP) is 3.35. The molecule has 0 spiro atoms. The molecule has 0 aromatic heterocycles. The molecule has 2 rings (SSSR count). The van der Waals surface area contributed by atoms with Crippen molar-refractivity contribution in [3.63, 3.8) is 0 Å². The third kappa shape index (κ3) is 2.35. The molecule has 0 atom stereocenters. The van der Waals surface area contributed by atoms with Crippen LogP contribution in [-0.2, 0) is 0 Å². The van der Waals surface area contributed by atoms with Gasteiger partial charge < -0.3 is 4.90 Å². The molecule has 4 nitrogen and oxygen atoms in total. The molecule has 1 heterocycles. The maximum Gasteiger partial charge on any atom is 0.292 e. The SMILES string of the molecule is O=[N+]([O-])c1ccc(Br)cc1N1CCCCC1. The van der Waals surface area contributed by atoms with Gasteiger partial charge in [-0.2, -0.15) is 0 Å². The first-order valence-corrected chi connectivity index (χ1v) is 6.16. The Morgan fingerprint density at radius 1 is 1.25 bits per heavy atom. The smallest absolute Gasteiger partial charge is 0.292 e. The summed E-state index contributed by atoms with van der Waals surface area (Å²) in [5.41, 5.74) is 0.934. The summed E-state index contributed by atoms with van der Waals surface area (Å²) in [6.45, 7) is 1.83. The van der Waals surface area contributed by atoms with E-state index in [-0.39, 0.29) is 10.6 Å². The average Bonchev–Trinajstić information content (AvgIpc) is 2.29. The highest BCUT2D eigenvalue weighted by Crippen LogP contribution is 2.32. The number of nitro benzene ring substituents is 1. The molecule has 0 unspecified atom stereocenters. The lowest BCUT2D eigenvalue weighted by atomic mass is 10.1. The van der Waals surface area contributed by atoms with E-state index >= 15 is 0 Å². The van der Waals surface area contributed by atoms with E-state index in [4.69, 9.17) is 0 Å². The van der Waals surface area contributed by atoms with Crippen molar-refractivity contribution in [2.45, 2.75) is 19.3 Å². The van der Waals surface area contributed by atoms with Crippen LogP contribution in [0.5, 0.6) is 0 Å². The molecule has 0 N–H and O–H groups in total. The van der Waals surface area contributed by atoms with E-state index in [2.05, 4.69) is 20.8 Å². The van der Waals surface area contributed by atoms with Gasteiger partial charge in [-0.1, -0.05) is 15.9 Å². The van der Waals surface area contributed by atoms with E-state index < -0.39 is 0 Å². The number of hydrogen-bond donors (Lipinski definition) is 0. The number of rotatable bonds is 2. The van der Waals surface area contributed by atoms with Gasteiger partial charge >= 0.3 is 0 Å². The third-order valence-corrected chi connectivity index (χ3v) is 3.32. The van der Waals surface area contributed by atoms with E-state index in [0.717, 1.165) is 36.1 Å². The number of nitrogens with zero attached hydrogens (tertiary/aromatic N) is 2. The fourth-order valence-electron chi connectivity index (χ4n) is 2.04. The topological polar surface area (TPSA) is 46.4 Å². The Hall–Kier alpha value is -1.10. The summed E-state index contributed by atoms with van der Waals surface area (Å²) < 4.78 is 0.888. The molecule has 1 saturated heterocycles. The lowest BCUT2D eigenvalue weighted by molar-refractivity contribution is -0.384. The van der Waals surface area contributed by atoms with Crippen molar-refractivity contribution in [2.75, 3.05) is 18.0 Å². The minimum atomic E-state index is -0.309. The summed E-state index contributed by atoms with van der Waals surface area (Å²) in [4.78, 5) is 12.7. The summed E-state index contributed by atoms with van der Waals surface area (Å²) in [5.74, 6) is 0. The minimum absolute atomic E-state index is 0.199. The van der Waals surface area contributed by atoms with Crippen LogP contribution in [0, 0.1) is 10.1 Å². The summed E-state index contributed by atoms with van der Waals surface area (Å²) in [5, 5.41) is 10.9. The average molecular weight is 285 g/mol. The molecule has 16 heavy (non-hydrogen) atoms. The van der Waals surface area contributed by atoms with Crippen LogP contribution in [0.3, 0.4) is 0 Å². The summed E-state index contributed by atoms with van der Waals surface area (Å²) in [7, 11) is 0. The molecule has 1 fully saturated rings. The molecule has 1 aliphatic rings. The van der Waals surface area contributed by atoms with Gasteiger partial charge in [-0.25, -0.2) is 0 Å². The number of nitro groups is 1. The summed E-state index contributed by atoms with van der Waals surface area (Å²) in [6.07, 6.45) is 3.45. The van der Waals surface area contributed by atoms with Gasteiger partial charge in [0.2, 0.25) is 0 Å². The molecule has 0 saturated carbocycles. The van der Waals surface area contributed by atoms with Crippen molar-refractivity contribution < 1.29 is 4.92 Å². The molecular weight excluding hydrogens is 272 g/mol. The van der Waals surface area contributed by atoms with Gasteiger partial charge in [0.25, 0.3) is 5.69 Å². The van der Waals surface area contributed by atoms with Crippen molar-refractivity contribution in [3.05, 3.63) is 32.8 Å². The quantitative estimate of drug-likeness (QED) is 0.618. The van der Waals surface area contributed by atoms with Crippen molar-refractivity contribution in [3.8, 4) is 0 Å². The first-order chi connectivity index (χ1) is 7.68. The van der Waals surface area contributed by atoms with Crippen LogP contribution in [0.4, 0.5) is 11.4 Å². The number of benzene rings is 1. The molecule has 1 aromatic carbocycles. The third-order valence-electron chi connectivity index (χ3n) is 2.83. The van der Waals surface area contributed by atoms with Crippen LogP contribution in [0.2, 0.25) is 0 Å². The lowest BCUT2D eigenvalue weighted by Gasteiger charge is -2.28. The first kappa shape index (κ1) is 11.4. The van der Waals surface area contributed by atoms with Gasteiger partial charge in [0, 0.05) is 23.6 Å². The van der Waals surface area contributed by atoms with E-state index in [0.29, 0.717) is 0 Å². The van der Waals surface area contributed by atoms with E-state index in [1.165, 1.54) is 6.42 Å². The Labute approximate surface area is 103 Å². The monoisotopic (exact) mass is 284 g/mol. The molecule has 0 radical (unpaired) electrons. The normalized spacial score (nSPS) is 16.2. The summed E-state index contributed by atoms with van der Waals surface area (Å²) >= 11 is 3.36. The van der Waals surface area contributed by atoms with Crippen LogP contribution in [-0.4, -0.2) is 18.0 Å². The van der Waals surface area contributed by atoms with E-state index in [1.807, 2.05) is 6.07 Å². The highest BCUT2D eigenvalue weighted by Gasteiger charge is 2.20. The Bertz CT molecular complexity index is 403. The number of piperidine rings is 1. The molecule has 86 valence electrons.